The number of nitrogens with one attached hydrogen (secondary N) is 1. The Bertz CT molecular complexity index is 1150. The number of piperidine rings is 1. The van der Waals surface area contributed by atoms with Crippen LogP contribution in [0.2, 0.25) is 5.02 Å². The van der Waals surface area contributed by atoms with Gasteiger partial charge in [-0.15, -0.1) is 0 Å². The van der Waals surface area contributed by atoms with Crippen molar-refractivity contribution in [2.75, 3.05) is 25.2 Å². The molecule has 2 aliphatic heterocycles. The first-order valence-corrected chi connectivity index (χ1v) is 11.2. The van der Waals surface area contributed by atoms with E-state index in [2.05, 4.69) is 5.32 Å². The van der Waals surface area contributed by atoms with Gasteiger partial charge >= 0.3 is 0 Å². The fourth-order valence-corrected chi connectivity index (χ4v) is 5.48. The highest BCUT2D eigenvalue weighted by Crippen LogP contribution is 2.35. The second-order valence-corrected chi connectivity index (χ2v) is 9.42. The molecule has 0 aromatic heterocycles. The first-order chi connectivity index (χ1) is 14.8. The number of ether oxygens (including phenoxy) is 2. The van der Waals surface area contributed by atoms with Crippen LogP contribution in [0, 0.1) is 16.0 Å². The van der Waals surface area contributed by atoms with Crippen molar-refractivity contribution in [1.82, 2.24) is 4.31 Å². The highest BCUT2D eigenvalue weighted by molar-refractivity contribution is 7.89. The van der Waals surface area contributed by atoms with Crippen LogP contribution in [0.1, 0.15) is 12.8 Å². The van der Waals surface area contributed by atoms with Gasteiger partial charge in [-0.1, -0.05) is 11.6 Å². The molecule has 4 rings (SSSR count). The van der Waals surface area contributed by atoms with Crippen molar-refractivity contribution >= 4 is 38.9 Å². The summed E-state index contributed by atoms with van der Waals surface area (Å²) in [6.07, 6.45) is 0.615. The van der Waals surface area contributed by atoms with Crippen LogP contribution >= 0.6 is 11.6 Å². The van der Waals surface area contributed by atoms with Gasteiger partial charge in [0, 0.05) is 42.9 Å². The van der Waals surface area contributed by atoms with Crippen LogP contribution in [0.5, 0.6) is 11.5 Å². The third-order valence-electron chi connectivity index (χ3n) is 5.21. The molecule has 2 heterocycles. The molecule has 2 aromatic rings. The van der Waals surface area contributed by atoms with Gasteiger partial charge in [-0.25, -0.2) is 8.42 Å². The summed E-state index contributed by atoms with van der Waals surface area (Å²) >= 11 is 6.00. The van der Waals surface area contributed by atoms with E-state index in [4.69, 9.17) is 21.1 Å². The molecule has 0 bridgehead atoms. The number of nitro groups is 1. The summed E-state index contributed by atoms with van der Waals surface area (Å²) in [4.78, 5) is 22.6. The Kier molecular flexibility index (Phi) is 5.73. The number of sulfonamides is 1. The summed E-state index contributed by atoms with van der Waals surface area (Å²) in [5.74, 6) is 0.561. The minimum absolute atomic E-state index is 0.0896. The van der Waals surface area contributed by atoms with Crippen molar-refractivity contribution in [1.29, 1.82) is 0 Å². The van der Waals surface area contributed by atoms with Gasteiger partial charge in [-0.3, -0.25) is 14.9 Å². The Morgan fingerprint density at radius 2 is 1.84 bits per heavy atom. The number of anilines is 1. The molecule has 0 aliphatic carbocycles. The molecular formula is C19H18ClN3O7S. The van der Waals surface area contributed by atoms with E-state index in [0.717, 1.165) is 12.1 Å². The fraction of sp³-hybridized carbons (Fsp3) is 0.316. The zero-order valence-electron chi connectivity index (χ0n) is 16.1. The number of nitro benzene ring substituents is 1. The number of amides is 1. The number of hydrogen-bond acceptors (Lipinski definition) is 7. The Labute approximate surface area is 182 Å². The third-order valence-corrected chi connectivity index (χ3v) is 7.59. The molecule has 1 saturated heterocycles. The normalized spacial score (nSPS) is 16.8. The minimum Gasteiger partial charge on any atom is -0.454 e. The van der Waals surface area contributed by atoms with Gasteiger partial charge in [0.2, 0.25) is 22.7 Å². The first-order valence-electron chi connectivity index (χ1n) is 9.40. The molecule has 0 unspecified atom stereocenters. The number of fused-ring (bicyclic) bond motifs is 1. The van der Waals surface area contributed by atoms with Gasteiger partial charge in [-0.2, -0.15) is 4.31 Å². The lowest BCUT2D eigenvalue weighted by Gasteiger charge is -2.30. The first kappa shape index (κ1) is 21.3. The maximum atomic E-state index is 13.0. The lowest BCUT2D eigenvalue weighted by Crippen LogP contribution is -2.41. The van der Waals surface area contributed by atoms with Crippen molar-refractivity contribution in [3.63, 3.8) is 0 Å². The van der Waals surface area contributed by atoms with Crippen molar-refractivity contribution in [2.45, 2.75) is 17.7 Å². The number of benzene rings is 2. The highest BCUT2D eigenvalue weighted by Gasteiger charge is 2.34. The van der Waals surface area contributed by atoms with Crippen LogP contribution in [-0.2, 0) is 14.8 Å². The molecule has 1 fully saturated rings. The number of carbonyl (C=O) groups excluding carboxylic acids is 1. The Balaban J connectivity index is 1.41. The van der Waals surface area contributed by atoms with Crippen LogP contribution in [0.4, 0.5) is 11.4 Å². The predicted octanol–water partition coefficient (Wildman–Crippen LogP) is 3.02. The van der Waals surface area contributed by atoms with E-state index in [0.29, 0.717) is 30.0 Å². The highest BCUT2D eigenvalue weighted by atomic mass is 35.5. The average molecular weight is 468 g/mol. The van der Waals surface area contributed by atoms with Crippen molar-refractivity contribution < 1.29 is 27.6 Å². The molecule has 2 aliphatic rings. The van der Waals surface area contributed by atoms with Crippen LogP contribution in [-0.4, -0.2) is 43.4 Å². The lowest BCUT2D eigenvalue weighted by molar-refractivity contribution is -0.385. The molecule has 12 heteroatoms. The Morgan fingerprint density at radius 1 is 1.13 bits per heavy atom. The van der Waals surface area contributed by atoms with Gasteiger partial charge in [0.15, 0.2) is 11.5 Å². The van der Waals surface area contributed by atoms with Crippen LogP contribution < -0.4 is 14.8 Å². The van der Waals surface area contributed by atoms with Crippen LogP contribution in [0.15, 0.2) is 41.3 Å². The Hall–Kier alpha value is -2.89. The molecule has 1 N–H and O–H groups in total. The fourth-order valence-electron chi connectivity index (χ4n) is 3.52. The lowest BCUT2D eigenvalue weighted by atomic mass is 9.97. The molecule has 0 spiro atoms. The number of hydrogen-bond donors (Lipinski definition) is 1. The van der Waals surface area contributed by atoms with Gasteiger partial charge in [0.05, 0.1) is 9.95 Å². The molecule has 0 radical (unpaired) electrons. The molecule has 31 heavy (non-hydrogen) atoms. The number of rotatable bonds is 5. The summed E-state index contributed by atoms with van der Waals surface area (Å²) in [6, 6.07) is 8.37. The molecular weight excluding hydrogens is 450 g/mol. The Morgan fingerprint density at radius 3 is 2.55 bits per heavy atom. The van der Waals surface area contributed by atoms with Gasteiger partial charge in [0.1, 0.15) is 4.90 Å². The minimum atomic E-state index is -4.03. The predicted molar refractivity (Wildman–Crippen MR) is 111 cm³/mol. The summed E-state index contributed by atoms with van der Waals surface area (Å²) in [6.45, 7) is 0.329. The average Bonchev–Trinajstić information content (AvgIpc) is 3.21. The van der Waals surface area contributed by atoms with Gasteiger partial charge < -0.3 is 14.8 Å². The third kappa shape index (κ3) is 4.29. The maximum absolute atomic E-state index is 13.0. The van der Waals surface area contributed by atoms with E-state index in [-0.39, 0.29) is 47.3 Å². The van der Waals surface area contributed by atoms with E-state index in [1.54, 1.807) is 18.2 Å². The molecule has 2 aromatic carbocycles. The van der Waals surface area contributed by atoms with Crippen LogP contribution in [0.3, 0.4) is 0 Å². The molecule has 164 valence electrons. The zero-order chi connectivity index (χ0) is 22.2. The number of non-ortho nitro benzene ring substituents is 1. The molecule has 0 atom stereocenters. The molecule has 1 amide bonds. The van der Waals surface area contributed by atoms with E-state index in [9.17, 15) is 23.3 Å². The standard InChI is InChI=1S/C19H18ClN3O7S/c20-15-3-2-14(23(25)26)10-18(15)31(27,28)22-7-5-12(6-8-22)19(24)21-13-1-4-16-17(9-13)30-11-29-16/h1-4,9-10,12H,5-8,11H2,(H,21,24). The SMILES string of the molecule is O=C(Nc1ccc2c(c1)OCO2)C1CCN(S(=O)(=O)c2cc([N+](=O)[O-])ccc2Cl)CC1. The summed E-state index contributed by atoms with van der Waals surface area (Å²) in [5.41, 5.74) is 0.202. The van der Waals surface area contributed by atoms with Gasteiger partial charge in [0.25, 0.3) is 5.69 Å². The second-order valence-electron chi connectivity index (χ2n) is 7.11. The summed E-state index contributed by atoms with van der Waals surface area (Å²) in [5, 5.41) is 13.7. The monoisotopic (exact) mass is 467 g/mol. The van der Waals surface area contributed by atoms with Crippen molar-refractivity contribution in [3.05, 3.63) is 51.5 Å². The number of halogens is 1. The second kappa shape index (κ2) is 8.33. The number of carbonyl (C=O) groups is 1. The number of nitrogens with zero attached hydrogens (tertiary/aromatic N) is 2. The molecule has 10 nitrogen and oxygen atoms in total. The molecule has 0 saturated carbocycles. The van der Waals surface area contributed by atoms with E-state index in [1.165, 1.54) is 10.4 Å². The van der Waals surface area contributed by atoms with E-state index in [1.807, 2.05) is 0 Å². The summed E-state index contributed by atoms with van der Waals surface area (Å²) < 4.78 is 37.6. The zero-order valence-corrected chi connectivity index (χ0v) is 17.7. The largest absolute Gasteiger partial charge is 0.454 e. The van der Waals surface area contributed by atoms with Crippen molar-refractivity contribution in [3.8, 4) is 11.5 Å². The van der Waals surface area contributed by atoms with Crippen molar-refractivity contribution in [2.24, 2.45) is 5.92 Å². The van der Waals surface area contributed by atoms with Crippen LogP contribution in [0.25, 0.3) is 0 Å². The smallest absolute Gasteiger partial charge is 0.270 e. The maximum Gasteiger partial charge on any atom is 0.270 e. The quantitative estimate of drug-likeness (QED) is 0.528. The topological polar surface area (TPSA) is 128 Å². The van der Waals surface area contributed by atoms with E-state index < -0.39 is 14.9 Å². The van der Waals surface area contributed by atoms with E-state index >= 15 is 0 Å². The van der Waals surface area contributed by atoms with Gasteiger partial charge in [-0.05, 0) is 31.0 Å². The summed E-state index contributed by atoms with van der Waals surface area (Å²) in [7, 11) is -4.03.